The van der Waals surface area contributed by atoms with E-state index in [1.807, 2.05) is 0 Å². The normalized spacial score (nSPS) is 53.9. The lowest BCUT2D eigenvalue weighted by Gasteiger charge is -2.54. The minimum Gasteiger partial charge on any atom is -0.376 e. The third-order valence-electron chi connectivity index (χ3n) is 6.44. The maximum Gasteiger partial charge on any atom is 0.234 e. The van der Waals surface area contributed by atoms with Crippen molar-refractivity contribution < 1.29 is 14.3 Å². The van der Waals surface area contributed by atoms with Crippen LogP contribution in [-0.4, -0.2) is 41.5 Å². The Balaban J connectivity index is 1.46. The first-order chi connectivity index (χ1) is 10.2. The summed E-state index contributed by atoms with van der Waals surface area (Å²) in [5.74, 6) is 0.621. The summed E-state index contributed by atoms with van der Waals surface area (Å²) in [6.45, 7) is 0.722. The lowest BCUT2D eigenvalue weighted by atomic mass is 9.68. The van der Waals surface area contributed by atoms with Gasteiger partial charge in [0.2, 0.25) is 11.8 Å². The predicted molar refractivity (Wildman–Crippen MR) is 73.8 cm³/mol. The van der Waals surface area contributed by atoms with Gasteiger partial charge >= 0.3 is 0 Å². The first-order valence-corrected chi connectivity index (χ1v) is 8.11. The predicted octanol–water partition coefficient (Wildman–Crippen LogP) is 0.298. The van der Waals surface area contributed by atoms with Gasteiger partial charge < -0.3 is 10.5 Å². The molecule has 2 heterocycles. The maximum atomic E-state index is 12.8. The van der Waals surface area contributed by atoms with Crippen LogP contribution in [0, 0.1) is 29.6 Å². The number of fused-ring (bicyclic) bond motifs is 6. The van der Waals surface area contributed by atoms with Gasteiger partial charge in [0.05, 0.1) is 24.0 Å². The molecule has 2 N–H and O–H groups in total. The van der Waals surface area contributed by atoms with Crippen molar-refractivity contribution in [3.8, 4) is 0 Å². The molecule has 5 rings (SSSR count). The summed E-state index contributed by atoms with van der Waals surface area (Å²) in [6, 6.07) is -0.326. The summed E-state index contributed by atoms with van der Waals surface area (Å²) in [7, 11) is 0. The van der Waals surface area contributed by atoms with Crippen LogP contribution in [0.25, 0.3) is 0 Å². The number of ether oxygens (including phenoxy) is 1. The van der Waals surface area contributed by atoms with Crippen LogP contribution in [0.1, 0.15) is 19.3 Å². The summed E-state index contributed by atoms with van der Waals surface area (Å²) in [5, 5.41) is 0. The molecule has 21 heavy (non-hydrogen) atoms. The molecule has 0 aromatic carbocycles. The lowest BCUT2D eigenvalue weighted by molar-refractivity contribution is -0.174. The van der Waals surface area contributed by atoms with Crippen molar-refractivity contribution in [2.24, 2.45) is 35.3 Å². The summed E-state index contributed by atoms with van der Waals surface area (Å²) < 4.78 is 5.82. The Morgan fingerprint density at radius 1 is 1.14 bits per heavy atom. The van der Waals surface area contributed by atoms with Crippen LogP contribution in [0.5, 0.6) is 0 Å². The highest BCUT2D eigenvalue weighted by Crippen LogP contribution is 2.54. The van der Waals surface area contributed by atoms with E-state index >= 15 is 0 Å². The number of carbonyl (C=O) groups excluding carboxylic acids is 2. The fourth-order valence-corrected chi connectivity index (χ4v) is 5.45. The van der Waals surface area contributed by atoms with Crippen LogP contribution in [0.15, 0.2) is 12.2 Å². The fraction of sp³-hybridized carbons (Fsp3) is 0.750. The summed E-state index contributed by atoms with van der Waals surface area (Å²) in [6.07, 6.45) is 7.29. The number of hydrogen-bond acceptors (Lipinski definition) is 4. The second-order valence-corrected chi connectivity index (χ2v) is 7.26. The molecule has 0 radical (unpaired) electrons. The van der Waals surface area contributed by atoms with Crippen molar-refractivity contribution in [1.29, 1.82) is 0 Å². The quantitative estimate of drug-likeness (QED) is 0.556. The maximum absolute atomic E-state index is 12.8. The monoisotopic (exact) mass is 288 g/mol. The van der Waals surface area contributed by atoms with Crippen molar-refractivity contribution in [3.63, 3.8) is 0 Å². The van der Waals surface area contributed by atoms with Gasteiger partial charge in [0.1, 0.15) is 0 Å². The number of imide groups is 1. The number of likely N-dealkylation sites (tertiary alicyclic amines) is 1. The number of amides is 2. The molecule has 112 valence electrons. The molecule has 0 aromatic rings. The van der Waals surface area contributed by atoms with Crippen LogP contribution >= 0.6 is 0 Å². The number of carbonyl (C=O) groups is 2. The second kappa shape index (κ2) is 3.96. The SMILES string of the molecule is NC1C2CCCOC2C1N1C(=O)C2C3C=CC(C3)C2C1=O. The number of allylic oxidation sites excluding steroid dienone is 2. The van der Waals surface area contributed by atoms with Gasteiger partial charge in [-0.2, -0.15) is 0 Å². The van der Waals surface area contributed by atoms with Gasteiger partial charge in [0.25, 0.3) is 0 Å². The molecule has 0 aromatic heterocycles. The Bertz CT molecular complexity index is 530. The average molecular weight is 288 g/mol. The van der Waals surface area contributed by atoms with Crippen molar-refractivity contribution in [2.75, 3.05) is 6.61 Å². The number of nitrogens with two attached hydrogens (primary N) is 1. The van der Waals surface area contributed by atoms with E-state index < -0.39 is 0 Å². The highest BCUT2D eigenvalue weighted by atomic mass is 16.5. The Labute approximate surface area is 123 Å². The first kappa shape index (κ1) is 12.4. The molecule has 2 amide bonds. The van der Waals surface area contributed by atoms with E-state index in [1.54, 1.807) is 0 Å². The lowest BCUT2D eigenvalue weighted by Crippen LogP contribution is -2.73. The van der Waals surface area contributed by atoms with Crippen LogP contribution < -0.4 is 5.73 Å². The number of hydrogen-bond donors (Lipinski definition) is 1. The summed E-state index contributed by atoms with van der Waals surface area (Å²) in [5.41, 5.74) is 6.28. The topological polar surface area (TPSA) is 72.6 Å². The van der Waals surface area contributed by atoms with E-state index in [0.29, 0.717) is 5.92 Å². The van der Waals surface area contributed by atoms with Crippen molar-refractivity contribution in [1.82, 2.24) is 4.90 Å². The molecule has 8 unspecified atom stereocenters. The largest absolute Gasteiger partial charge is 0.376 e. The van der Waals surface area contributed by atoms with Crippen LogP contribution in [-0.2, 0) is 14.3 Å². The molecule has 0 spiro atoms. The Morgan fingerprint density at radius 3 is 2.48 bits per heavy atom. The molecule has 2 aliphatic heterocycles. The fourth-order valence-electron chi connectivity index (χ4n) is 5.45. The van der Waals surface area contributed by atoms with Crippen LogP contribution in [0.3, 0.4) is 0 Å². The Kier molecular flexibility index (Phi) is 2.33. The van der Waals surface area contributed by atoms with E-state index in [2.05, 4.69) is 12.2 Å². The number of nitrogens with zero attached hydrogens (tertiary/aromatic N) is 1. The number of rotatable bonds is 1. The van der Waals surface area contributed by atoms with E-state index in [-0.39, 0.29) is 53.7 Å². The summed E-state index contributed by atoms with van der Waals surface area (Å²) >= 11 is 0. The molecule has 5 aliphatic rings. The van der Waals surface area contributed by atoms with Crippen molar-refractivity contribution >= 4 is 11.8 Å². The molecule has 2 bridgehead atoms. The Morgan fingerprint density at radius 2 is 1.81 bits per heavy atom. The molecular weight excluding hydrogens is 268 g/mol. The van der Waals surface area contributed by atoms with Gasteiger partial charge in [-0.05, 0) is 31.1 Å². The average Bonchev–Trinajstić information content (AvgIpc) is 3.16. The molecule has 2 saturated heterocycles. The smallest absolute Gasteiger partial charge is 0.234 e. The van der Waals surface area contributed by atoms with E-state index in [1.165, 1.54) is 4.90 Å². The standard InChI is InChI=1S/C16H20N2O3/c17-12-9-2-1-5-21-14(9)13(12)18-15(19)10-7-3-4-8(6-7)11(10)16(18)20/h3-4,7-14H,1-2,5-6,17H2. The molecular formula is C16H20N2O3. The molecule has 2 saturated carbocycles. The third-order valence-corrected chi connectivity index (χ3v) is 6.44. The van der Waals surface area contributed by atoms with Crippen molar-refractivity contribution in [3.05, 3.63) is 12.2 Å². The molecule has 5 heteroatoms. The van der Waals surface area contributed by atoms with Crippen molar-refractivity contribution in [2.45, 2.75) is 37.5 Å². The summed E-state index contributed by atoms with van der Waals surface area (Å²) in [4.78, 5) is 27.1. The molecule has 4 fully saturated rings. The van der Waals surface area contributed by atoms with Gasteiger partial charge in [-0.25, -0.2) is 0 Å². The van der Waals surface area contributed by atoms with Crippen LogP contribution in [0.4, 0.5) is 0 Å². The Hall–Kier alpha value is -1.20. The third kappa shape index (κ3) is 1.35. The zero-order valence-electron chi connectivity index (χ0n) is 11.9. The highest BCUT2D eigenvalue weighted by Gasteiger charge is 2.65. The van der Waals surface area contributed by atoms with Gasteiger partial charge in [-0.1, -0.05) is 12.2 Å². The minimum absolute atomic E-state index is 0.00919. The highest BCUT2D eigenvalue weighted by molar-refractivity contribution is 6.07. The van der Waals surface area contributed by atoms with Gasteiger partial charge in [-0.3, -0.25) is 14.5 Å². The van der Waals surface area contributed by atoms with E-state index in [0.717, 1.165) is 25.9 Å². The molecule has 8 atom stereocenters. The van der Waals surface area contributed by atoms with E-state index in [4.69, 9.17) is 10.5 Å². The minimum atomic E-state index is -0.222. The van der Waals surface area contributed by atoms with Gasteiger partial charge in [-0.15, -0.1) is 0 Å². The van der Waals surface area contributed by atoms with Gasteiger partial charge in [0, 0.05) is 18.6 Å². The van der Waals surface area contributed by atoms with Crippen LogP contribution in [0.2, 0.25) is 0 Å². The van der Waals surface area contributed by atoms with Gasteiger partial charge in [0.15, 0.2) is 0 Å². The molecule has 5 nitrogen and oxygen atoms in total. The zero-order valence-corrected chi connectivity index (χ0v) is 11.9. The molecule has 3 aliphatic carbocycles. The first-order valence-electron chi connectivity index (χ1n) is 8.11. The van der Waals surface area contributed by atoms with E-state index in [9.17, 15) is 9.59 Å². The zero-order chi connectivity index (χ0) is 14.3. The second-order valence-electron chi connectivity index (χ2n) is 7.26.